The second-order valence-corrected chi connectivity index (χ2v) is 6.23. The van der Waals surface area contributed by atoms with Crippen LogP contribution < -0.4 is 11.1 Å². The lowest BCUT2D eigenvalue weighted by molar-refractivity contribution is -0.114. The van der Waals surface area contributed by atoms with Gasteiger partial charge in [0.15, 0.2) is 0 Å². The summed E-state index contributed by atoms with van der Waals surface area (Å²) in [5.41, 5.74) is 9.99. The SMILES string of the molecule is Nc1ccc2n[nH]nc2c1.O=C(CCl)Nc1ccc2n[nH]nc2c1.O=C(Cl)CCl. The highest BCUT2D eigenvalue weighted by Crippen LogP contribution is 2.14. The maximum atomic E-state index is 11.0. The molecule has 4 aromatic rings. The number of aromatic amines is 2. The molecule has 152 valence electrons. The molecule has 0 saturated carbocycles. The molecule has 0 fully saturated rings. The van der Waals surface area contributed by atoms with Gasteiger partial charge in [-0.15, -0.1) is 23.2 Å². The Balaban J connectivity index is 0.000000175. The van der Waals surface area contributed by atoms with Crippen molar-refractivity contribution in [3.63, 3.8) is 0 Å². The van der Waals surface area contributed by atoms with Crippen LogP contribution in [0.25, 0.3) is 22.1 Å². The van der Waals surface area contributed by atoms with Crippen LogP contribution in [0.4, 0.5) is 11.4 Å². The first-order chi connectivity index (χ1) is 13.9. The zero-order chi connectivity index (χ0) is 21.2. The standard InChI is InChI=1S/C8H7ClN4O.C6H6N4.C2H2Cl2O/c9-4-8(14)10-5-1-2-6-7(3-5)12-13-11-6;7-4-1-2-5-6(3-4)9-10-8-5;3-1-2(4)5/h1-3H,4H2,(H,10,14)(H,11,12,13);1-3H,7H2,(H,8,9,10);1H2. The fourth-order valence-corrected chi connectivity index (χ4v) is 2.04. The number of nitrogen functional groups attached to an aromatic ring is 1. The minimum atomic E-state index is -0.508. The van der Waals surface area contributed by atoms with Gasteiger partial charge in [-0.2, -0.15) is 30.8 Å². The van der Waals surface area contributed by atoms with Gasteiger partial charge >= 0.3 is 0 Å². The highest BCUT2D eigenvalue weighted by molar-refractivity contribution is 6.67. The van der Waals surface area contributed by atoms with E-state index in [0.29, 0.717) is 16.9 Å². The molecular weight excluding hydrogens is 443 g/mol. The average molecular weight is 458 g/mol. The van der Waals surface area contributed by atoms with E-state index in [1.165, 1.54) is 0 Å². The molecule has 0 radical (unpaired) electrons. The van der Waals surface area contributed by atoms with Gasteiger partial charge in [0, 0.05) is 11.4 Å². The Morgan fingerprint density at radius 1 is 0.862 bits per heavy atom. The summed E-state index contributed by atoms with van der Waals surface area (Å²) in [6, 6.07) is 10.6. The first kappa shape index (κ1) is 22.3. The van der Waals surface area contributed by atoms with Crippen LogP contribution in [-0.4, -0.2) is 53.7 Å². The Morgan fingerprint density at radius 3 is 1.93 bits per heavy atom. The number of carbonyl (C=O) groups excluding carboxylic acids is 2. The molecule has 0 atom stereocenters. The van der Waals surface area contributed by atoms with Gasteiger partial charge < -0.3 is 11.1 Å². The number of amides is 1. The lowest BCUT2D eigenvalue weighted by Gasteiger charge is -2.00. The monoisotopic (exact) mass is 456 g/mol. The van der Waals surface area contributed by atoms with Crippen LogP contribution in [0.15, 0.2) is 36.4 Å². The quantitative estimate of drug-likeness (QED) is 0.209. The van der Waals surface area contributed by atoms with Gasteiger partial charge in [-0.3, -0.25) is 9.59 Å². The molecule has 0 aliphatic rings. The van der Waals surface area contributed by atoms with E-state index in [1.807, 2.05) is 6.07 Å². The van der Waals surface area contributed by atoms with E-state index < -0.39 is 5.24 Å². The van der Waals surface area contributed by atoms with Gasteiger partial charge in [0.1, 0.15) is 27.9 Å². The van der Waals surface area contributed by atoms with E-state index in [-0.39, 0.29) is 17.7 Å². The van der Waals surface area contributed by atoms with E-state index in [4.69, 9.17) is 40.5 Å². The molecule has 5 N–H and O–H groups in total. The third-order valence-electron chi connectivity index (χ3n) is 3.17. The maximum Gasteiger partial charge on any atom is 0.239 e. The first-order valence-corrected chi connectivity index (χ1v) is 9.34. The number of nitrogens with one attached hydrogen (secondary N) is 3. The molecule has 2 aromatic carbocycles. The smallest absolute Gasteiger partial charge is 0.239 e. The molecule has 29 heavy (non-hydrogen) atoms. The van der Waals surface area contributed by atoms with E-state index in [1.54, 1.807) is 30.3 Å². The van der Waals surface area contributed by atoms with E-state index in [2.05, 4.69) is 36.1 Å². The third kappa shape index (κ3) is 7.18. The second-order valence-electron chi connectivity index (χ2n) is 5.27. The topological polar surface area (TPSA) is 155 Å². The molecule has 0 bridgehead atoms. The number of hydrogen-bond donors (Lipinski definition) is 4. The summed E-state index contributed by atoms with van der Waals surface area (Å²) in [6.07, 6.45) is 0. The average Bonchev–Trinajstić information content (AvgIpc) is 3.37. The zero-order valence-corrected chi connectivity index (χ0v) is 17.0. The highest BCUT2D eigenvalue weighted by Gasteiger charge is 2.02. The molecule has 0 aliphatic heterocycles. The Bertz CT molecular complexity index is 1100. The predicted octanol–water partition coefficient (Wildman–Crippen LogP) is 2.67. The van der Waals surface area contributed by atoms with Crippen molar-refractivity contribution < 1.29 is 9.59 Å². The Kier molecular flexibility index (Phi) is 8.59. The van der Waals surface area contributed by atoms with Crippen LogP contribution >= 0.6 is 34.8 Å². The highest BCUT2D eigenvalue weighted by atomic mass is 35.5. The van der Waals surface area contributed by atoms with E-state index in [0.717, 1.165) is 16.6 Å². The summed E-state index contributed by atoms with van der Waals surface area (Å²) in [5, 5.41) is 22.6. The fraction of sp³-hybridized carbons (Fsp3) is 0.125. The zero-order valence-electron chi connectivity index (χ0n) is 14.7. The van der Waals surface area contributed by atoms with Gasteiger partial charge in [-0.25, -0.2) is 0 Å². The van der Waals surface area contributed by atoms with Crippen LogP contribution in [0.5, 0.6) is 0 Å². The van der Waals surface area contributed by atoms with Crippen molar-refractivity contribution in [2.24, 2.45) is 0 Å². The summed E-state index contributed by atoms with van der Waals surface area (Å²) < 4.78 is 0. The molecule has 2 aromatic heterocycles. The molecule has 2 heterocycles. The molecule has 13 heteroatoms. The van der Waals surface area contributed by atoms with Crippen LogP contribution in [0.3, 0.4) is 0 Å². The number of hydrogen-bond acceptors (Lipinski definition) is 7. The number of fused-ring (bicyclic) bond motifs is 2. The number of benzene rings is 2. The lowest BCUT2D eigenvalue weighted by Crippen LogP contribution is -2.12. The molecular formula is C16H15Cl3N8O2. The fourth-order valence-electron chi connectivity index (χ4n) is 1.97. The van der Waals surface area contributed by atoms with Crippen molar-refractivity contribution in [2.75, 3.05) is 22.8 Å². The maximum absolute atomic E-state index is 11.0. The van der Waals surface area contributed by atoms with Crippen molar-refractivity contribution >= 4 is 79.4 Å². The number of nitrogens with zero attached hydrogens (tertiary/aromatic N) is 4. The van der Waals surface area contributed by atoms with Gasteiger partial charge in [0.05, 0.1) is 5.88 Å². The Hall–Kier alpha value is -2.95. The first-order valence-electron chi connectivity index (χ1n) is 7.89. The summed E-state index contributed by atoms with van der Waals surface area (Å²) in [4.78, 5) is 20.4. The second kappa shape index (κ2) is 11.1. The molecule has 0 aliphatic carbocycles. The molecule has 0 spiro atoms. The minimum Gasteiger partial charge on any atom is -0.399 e. The lowest BCUT2D eigenvalue weighted by atomic mass is 10.3. The number of alkyl halides is 2. The van der Waals surface area contributed by atoms with Crippen LogP contribution in [-0.2, 0) is 9.59 Å². The summed E-state index contributed by atoms with van der Waals surface area (Å²) in [6.45, 7) is 0. The summed E-state index contributed by atoms with van der Waals surface area (Å²) in [7, 11) is 0. The number of nitrogens with two attached hydrogens (primary N) is 1. The number of aromatic nitrogens is 6. The largest absolute Gasteiger partial charge is 0.399 e. The molecule has 4 rings (SSSR count). The van der Waals surface area contributed by atoms with Crippen molar-refractivity contribution in [3.05, 3.63) is 36.4 Å². The number of anilines is 2. The molecule has 0 saturated heterocycles. The summed E-state index contributed by atoms with van der Waals surface area (Å²) >= 11 is 14.9. The van der Waals surface area contributed by atoms with Gasteiger partial charge in [-0.1, -0.05) is 0 Å². The number of halogens is 3. The Labute approximate surface area is 179 Å². The van der Waals surface area contributed by atoms with Crippen molar-refractivity contribution in [1.29, 1.82) is 0 Å². The number of H-pyrrole nitrogens is 2. The van der Waals surface area contributed by atoms with Crippen LogP contribution in [0, 0.1) is 0 Å². The van der Waals surface area contributed by atoms with Crippen molar-refractivity contribution in [3.8, 4) is 0 Å². The molecule has 0 unspecified atom stereocenters. The summed E-state index contributed by atoms with van der Waals surface area (Å²) in [5.74, 6) is -0.396. The van der Waals surface area contributed by atoms with Crippen LogP contribution in [0.1, 0.15) is 0 Å². The molecule has 1 amide bonds. The predicted molar refractivity (Wildman–Crippen MR) is 113 cm³/mol. The van der Waals surface area contributed by atoms with Gasteiger partial charge in [0.2, 0.25) is 11.1 Å². The van der Waals surface area contributed by atoms with Crippen molar-refractivity contribution in [2.45, 2.75) is 0 Å². The van der Waals surface area contributed by atoms with Gasteiger partial charge in [0.25, 0.3) is 0 Å². The number of rotatable bonds is 3. The van der Waals surface area contributed by atoms with Crippen LogP contribution in [0.2, 0.25) is 0 Å². The van der Waals surface area contributed by atoms with E-state index >= 15 is 0 Å². The van der Waals surface area contributed by atoms with Crippen molar-refractivity contribution in [1.82, 2.24) is 30.8 Å². The van der Waals surface area contributed by atoms with E-state index in [9.17, 15) is 9.59 Å². The third-order valence-corrected chi connectivity index (χ3v) is 3.92. The number of carbonyl (C=O) groups is 2. The minimum absolute atomic E-state index is 0.0587. The normalized spacial score (nSPS) is 9.90. The Morgan fingerprint density at radius 2 is 1.38 bits per heavy atom. The molecule has 10 nitrogen and oxygen atoms in total. The van der Waals surface area contributed by atoms with Gasteiger partial charge in [-0.05, 0) is 48.0 Å².